The number of hydrogen-bond acceptors (Lipinski definition) is 3. The second kappa shape index (κ2) is 5.42. The molecule has 0 spiro atoms. The van der Waals surface area contributed by atoms with Gasteiger partial charge in [0.25, 0.3) is 0 Å². The van der Waals surface area contributed by atoms with Crippen LogP contribution in [0.3, 0.4) is 0 Å². The van der Waals surface area contributed by atoms with Crippen LogP contribution >= 0.6 is 0 Å². The lowest BCUT2D eigenvalue weighted by atomic mass is 9.42. The van der Waals surface area contributed by atoms with Gasteiger partial charge in [0.15, 0.2) is 5.78 Å². The van der Waals surface area contributed by atoms with E-state index in [-0.39, 0.29) is 28.6 Å². The zero-order valence-corrected chi connectivity index (χ0v) is 15.1. The third kappa shape index (κ3) is 2.42. The fourth-order valence-corrected chi connectivity index (χ4v) is 6.04. The fourth-order valence-electron chi connectivity index (χ4n) is 6.04. The van der Waals surface area contributed by atoms with Crippen LogP contribution < -0.4 is 0 Å². The van der Waals surface area contributed by atoms with E-state index in [0.717, 1.165) is 32.1 Å². The Labute approximate surface area is 140 Å². The van der Waals surface area contributed by atoms with E-state index in [0.29, 0.717) is 18.3 Å². The molecular formula is C20H32O3. The summed E-state index contributed by atoms with van der Waals surface area (Å²) in [5.74, 6) is 1.25. The van der Waals surface area contributed by atoms with Crippen molar-refractivity contribution in [1.82, 2.24) is 0 Å². The fraction of sp³-hybridized carbons (Fsp3) is 0.850. The van der Waals surface area contributed by atoms with Crippen LogP contribution in [-0.4, -0.2) is 28.7 Å². The second-order valence-corrected chi connectivity index (χ2v) is 9.27. The third-order valence-electron chi connectivity index (χ3n) is 8.12. The van der Waals surface area contributed by atoms with Gasteiger partial charge in [0, 0.05) is 6.42 Å². The maximum Gasteiger partial charge on any atom is 0.155 e. The number of fused-ring (bicyclic) bond motifs is 3. The lowest BCUT2D eigenvalue weighted by molar-refractivity contribution is -0.142. The van der Waals surface area contributed by atoms with Crippen LogP contribution in [-0.2, 0) is 4.79 Å². The zero-order valence-electron chi connectivity index (χ0n) is 15.1. The highest BCUT2D eigenvalue weighted by Gasteiger charge is 2.59. The van der Waals surface area contributed by atoms with Crippen LogP contribution in [0.4, 0.5) is 0 Å². The van der Waals surface area contributed by atoms with Gasteiger partial charge in [-0.3, -0.25) is 4.79 Å². The van der Waals surface area contributed by atoms with Crippen LogP contribution in [0.15, 0.2) is 11.6 Å². The number of allylic oxidation sites excluding steroid dienone is 2. The molecule has 2 saturated carbocycles. The molecule has 0 aromatic rings. The Morgan fingerprint density at radius 3 is 2.61 bits per heavy atom. The van der Waals surface area contributed by atoms with Crippen molar-refractivity contribution in [1.29, 1.82) is 0 Å². The van der Waals surface area contributed by atoms with E-state index in [1.807, 2.05) is 6.08 Å². The summed E-state index contributed by atoms with van der Waals surface area (Å²) >= 11 is 0. The van der Waals surface area contributed by atoms with E-state index in [1.54, 1.807) is 0 Å². The highest BCUT2D eigenvalue weighted by atomic mass is 16.3. The van der Waals surface area contributed by atoms with Gasteiger partial charge in [-0.05, 0) is 73.2 Å². The van der Waals surface area contributed by atoms with E-state index < -0.39 is 6.10 Å². The van der Waals surface area contributed by atoms with E-state index in [2.05, 4.69) is 27.7 Å². The molecule has 0 aliphatic heterocycles. The Hall–Kier alpha value is -0.670. The summed E-state index contributed by atoms with van der Waals surface area (Å²) in [5.41, 5.74) is 1.41. The van der Waals surface area contributed by atoms with Crippen molar-refractivity contribution < 1.29 is 15.0 Å². The molecule has 0 bridgehead atoms. The Morgan fingerprint density at radius 1 is 1.26 bits per heavy atom. The summed E-state index contributed by atoms with van der Waals surface area (Å²) < 4.78 is 0. The molecule has 3 heteroatoms. The van der Waals surface area contributed by atoms with Crippen molar-refractivity contribution in [3.8, 4) is 0 Å². The summed E-state index contributed by atoms with van der Waals surface area (Å²) in [6, 6.07) is 0. The maximum absolute atomic E-state index is 12.2. The molecular weight excluding hydrogens is 288 g/mol. The predicted octanol–water partition coefficient (Wildman–Crippen LogP) is 3.49. The van der Waals surface area contributed by atoms with Crippen molar-refractivity contribution in [3.05, 3.63) is 11.6 Å². The Morgan fingerprint density at radius 2 is 1.96 bits per heavy atom. The molecule has 23 heavy (non-hydrogen) atoms. The number of carbonyl (C=O) groups excluding carboxylic acids is 1. The molecule has 3 rings (SSSR count). The molecule has 0 radical (unpaired) electrons. The average Bonchev–Trinajstić information content (AvgIpc) is 2.50. The minimum absolute atomic E-state index is 0.151. The predicted molar refractivity (Wildman–Crippen MR) is 90.9 cm³/mol. The Balaban J connectivity index is 1.92. The normalized spacial score (nSPS) is 48.3. The van der Waals surface area contributed by atoms with Gasteiger partial charge >= 0.3 is 0 Å². The molecule has 0 amide bonds. The zero-order chi connectivity index (χ0) is 17.0. The number of carbonyl (C=O) groups is 1. The smallest absolute Gasteiger partial charge is 0.155 e. The molecule has 3 aliphatic carbocycles. The lowest BCUT2D eigenvalue weighted by Gasteiger charge is -2.62. The van der Waals surface area contributed by atoms with Gasteiger partial charge < -0.3 is 10.2 Å². The van der Waals surface area contributed by atoms with Crippen LogP contribution in [0.2, 0.25) is 0 Å². The largest absolute Gasteiger partial charge is 0.394 e. The molecule has 2 N–H and O–H groups in total. The van der Waals surface area contributed by atoms with E-state index in [9.17, 15) is 15.0 Å². The third-order valence-corrected chi connectivity index (χ3v) is 8.12. The van der Waals surface area contributed by atoms with Crippen LogP contribution in [0, 0.1) is 28.1 Å². The monoisotopic (exact) mass is 320 g/mol. The summed E-state index contributed by atoms with van der Waals surface area (Å²) in [7, 11) is 0. The first-order valence-corrected chi connectivity index (χ1v) is 9.16. The number of hydrogen-bond donors (Lipinski definition) is 2. The second-order valence-electron chi connectivity index (χ2n) is 9.27. The average molecular weight is 320 g/mol. The van der Waals surface area contributed by atoms with E-state index >= 15 is 0 Å². The number of aliphatic hydroxyl groups excluding tert-OH is 2. The van der Waals surface area contributed by atoms with Crippen molar-refractivity contribution in [2.75, 3.05) is 6.61 Å². The highest BCUT2D eigenvalue weighted by molar-refractivity contribution is 5.92. The number of rotatable bonds is 2. The first-order valence-electron chi connectivity index (χ1n) is 9.16. The standard InChI is InChI=1S/C20H32O3/c1-13-9-15(22)10-16-19(13,3)6-5-14-11-18(2,17(23)12-21)7-8-20(14,16)4/h9,14,16-17,21,23H,5-8,10-12H2,1-4H3/t14-,16-,17+,18-,19-,20-/m0/s1. The van der Waals surface area contributed by atoms with Gasteiger partial charge in [-0.1, -0.05) is 26.3 Å². The van der Waals surface area contributed by atoms with Crippen molar-refractivity contribution >= 4 is 5.78 Å². The maximum atomic E-state index is 12.2. The van der Waals surface area contributed by atoms with Crippen molar-refractivity contribution in [2.24, 2.45) is 28.1 Å². The molecule has 3 nitrogen and oxygen atoms in total. The molecule has 6 atom stereocenters. The van der Waals surface area contributed by atoms with Crippen molar-refractivity contribution in [2.45, 2.75) is 72.3 Å². The molecule has 3 aliphatic rings. The van der Waals surface area contributed by atoms with Gasteiger partial charge in [-0.2, -0.15) is 0 Å². The van der Waals surface area contributed by atoms with Gasteiger partial charge in [-0.15, -0.1) is 0 Å². The van der Waals surface area contributed by atoms with Gasteiger partial charge in [0.05, 0.1) is 12.7 Å². The molecule has 0 heterocycles. The van der Waals surface area contributed by atoms with Crippen molar-refractivity contribution in [3.63, 3.8) is 0 Å². The highest BCUT2D eigenvalue weighted by Crippen LogP contribution is 2.66. The van der Waals surface area contributed by atoms with Gasteiger partial charge in [0.1, 0.15) is 0 Å². The molecule has 0 unspecified atom stereocenters. The molecule has 2 fully saturated rings. The molecule has 130 valence electrons. The minimum Gasteiger partial charge on any atom is -0.394 e. The Kier molecular flexibility index (Phi) is 4.04. The summed E-state index contributed by atoms with van der Waals surface area (Å²) in [5, 5.41) is 19.7. The van der Waals surface area contributed by atoms with E-state index in [4.69, 9.17) is 0 Å². The van der Waals surface area contributed by atoms with E-state index in [1.165, 1.54) is 5.57 Å². The SMILES string of the molecule is CC1=CC(=O)C[C@@H]2[C@@]3(C)CC[C@](C)([C@H](O)CO)C[C@@H]3CC[C@@]12C. The van der Waals surface area contributed by atoms with Crippen LogP contribution in [0.25, 0.3) is 0 Å². The lowest BCUT2D eigenvalue weighted by Crippen LogP contribution is -2.56. The molecule has 0 aromatic carbocycles. The van der Waals surface area contributed by atoms with Gasteiger partial charge in [-0.25, -0.2) is 0 Å². The van der Waals surface area contributed by atoms with Gasteiger partial charge in [0.2, 0.25) is 0 Å². The Bertz CT molecular complexity index is 539. The first kappa shape index (κ1) is 17.2. The first-order chi connectivity index (χ1) is 10.7. The topological polar surface area (TPSA) is 57.5 Å². The summed E-state index contributed by atoms with van der Waals surface area (Å²) in [6.45, 7) is 8.85. The van der Waals surface area contributed by atoms with Crippen LogP contribution in [0.5, 0.6) is 0 Å². The molecule has 0 saturated heterocycles. The quantitative estimate of drug-likeness (QED) is 0.819. The number of aliphatic hydroxyl groups is 2. The van der Waals surface area contributed by atoms with Crippen LogP contribution in [0.1, 0.15) is 66.2 Å². The summed E-state index contributed by atoms with van der Waals surface area (Å²) in [4.78, 5) is 12.2. The molecule has 0 aromatic heterocycles. The summed E-state index contributed by atoms with van der Waals surface area (Å²) in [6.07, 6.45) is 7.18. The minimum atomic E-state index is -0.630. The number of ketones is 1.